The summed E-state index contributed by atoms with van der Waals surface area (Å²) >= 11 is 6.01. The van der Waals surface area contributed by atoms with Gasteiger partial charge in [-0.25, -0.2) is 0 Å². The third kappa shape index (κ3) is 4.21. The van der Waals surface area contributed by atoms with E-state index < -0.39 is 0 Å². The fourth-order valence-corrected chi connectivity index (χ4v) is 2.95. The lowest BCUT2D eigenvalue weighted by Gasteiger charge is -2.35. The summed E-state index contributed by atoms with van der Waals surface area (Å²) in [5.74, 6) is 0.732. The molecule has 0 amide bonds. The van der Waals surface area contributed by atoms with E-state index in [1.54, 1.807) is 0 Å². The first-order valence-electron chi connectivity index (χ1n) is 7.76. The van der Waals surface area contributed by atoms with Gasteiger partial charge in [0.1, 0.15) is 0 Å². The lowest BCUT2D eigenvalue weighted by Crippen LogP contribution is -2.41. The Balaban J connectivity index is 2.17. The molecule has 0 saturated heterocycles. The maximum Gasteiger partial charge on any atom is 0.0499 e. The second-order valence-electron chi connectivity index (χ2n) is 6.51. The molecule has 0 heterocycles. The molecule has 1 aliphatic rings. The highest BCUT2D eigenvalue weighted by molar-refractivity contribution is 6.30. The molecule has 1 aromatic carbocycles. The molecule has 2 rings (SSSR count). The molecule has 1 aliphatic carbocycles. The van der Waals surface area contributed by atoms with Crippen molar-refractivity contribution in [3.63, 3.8) is 0 Å². The molecule has 2 N–H and O–H groups in total. The van der Waals surface area contributed by atoms with Crippen molar-refractivity contribution in [2.45, 2.75) is 58.2 Å². The van der Waals surface area contributed by atoms with E-state index in [1.807, 2.05) is 12.1 Å². The summed E-state index contributed by atoms with van der Waals surface area (Å²) < 4.78 is 0. The van der Waals surface area contributed by atoms with E-state index in [-0.39, 0.29) is 6.04 Å². The first-order chi connectivity index (χ1) is 9.49. The molecular formula is C17H27ClN2. The Morgan fingerprint density at radius 1 is 1.20 bits per heavy atom. The smallest absolute Gasteiger partial charge is 0.0499 e. The molecule has 20 heavy (non-hydrogen) atoms. The van der Waals surface area contributed by atoms with Crippen LogP contribution in [0.15, 0.2) is 24.3 Å². The SMILES string of the molecule is CC(C)CCN(C1CC1)C(c1ccc(Cl)cc1)C(C)N. The minimum atomic E-state index is 0.129. The molecule has 1 fully saturated rings. The van der Waals surface area contributed by atoms with Crippen molar-refractivity contribution in [2.24, 2.45) is 11.7 Å². The molecule has 3 heteroatoms. The second-order valence-corrected chi connectivity index (χ2v) is 6.94. The van der Waals surface area contributed by atoms with Crippen LogP contribution in [0.2, 0.25) is 5.02 Å². The van der Waals surface area contributed by atoms with Gasteiger partial charge in [-0.3, -0.25) is 4.90 Å². The molecule has 0 aliphatic heterocycles. The van der Waals surface area contributed by atoms with Gasteiger partial charge in [0.05, 0.1) is 0 Å². The molecule has 2 unspecified atom stereocenters. The molecule has 0 bridgehead atoms. The van der Waals surface area contributed by atoms with Gasteiger partial charge < -0.3 is 5.73 Å². The maximum atomic E-state index is 6.30. The lowest BCUT2D eigenvalue weighted by molar-refractivity contribution is 0.157. The average Bonchev–Trinajstić information content (AvgIpc) is 3.19. The fraction of sp³-hybridized carbons (Fsp3) is 0.647. The van der Waals surface area contributed by atoms with Gasteiger partial charge in [0.25, 0.3) is 0 Å². The summed E-state index contributed by atoms with van der Waals surface area (Å²) in [5, 5.41) is 0.789. The summed E-state index contributed by atoms with van der Waals surface area (Å²) in [6.07, 6.45) is 3.86. The van der Waals surface area contributed by atoms with E-state index in [9.17, 15) is 0 Å². The zero-order valence-electron chi connectivity index (χ0n) is 12.8. The highest BCUT2D eigenvalue weighted by atomic mass is 35.5. The van der Waals surface area contributed by atoms with E-state index in [0.29, 0.717) is 6.04 Å². The summed E-state index contributed by atoms with van der Waals surface area (Å²) in [6.45, 7) is 7.82. The van der Waals surface area contributed by atoms with Crippen molar-refractivity contribution in [3.05, 3.63) is 34.9 Å². The van der Waals surface area contributed by atoms with Gasteiger partial charge in [0.2, 0.25) is 0 Å². The van der Waals surface area contributed by atoms with E-state index in [1.165, 1.54) is 24.8 Å². The number of hydrogen-bond acceptors (Lipinski definition) is 2. The van der Waals surface area contributed by atoms with Crippen LogP contribution >= 0.6 is 11.6 Å². The average molecular weight is 295 g/mol. The van der Waals surface area contributed by atoms with Crippen LogP contribution in [0.4, 0.5) is 0 Å². The van der Waals surface area contributed by atoms with Crippen molar-refractivity contribution >= 4 is 11.6 Å². The molecule has 0 spiro atoms. The molecule has 2 atom stereocenters. The molecule has 1 aromatic rings. The first kappa shape index (κ1) is 15.8. The Bertz CT molecular complexity index is 410. The minimum absolute atomic E-state index is 0.129. The molecule has 0 aromatic heterocycles. The Morgan fingerprint density at radius 3 is 2.25 bits per heavy atom. The van der Waals surface area contributed by atoms with Crippen molar-refractivity contribution in [3.8, 4) is 0 Å². The molecule has 1 saturated carbocycles. The topological polar surface area (TPSA) is 29.3 Å². The van der Waals surface area contributed by atoms with Gasteiger partial charge in [-0.05, 0) is 56.3 Å². The molecule has 0 radical (unpaired) electrons. The van der Waals surface area contributed by atoms with E-state index in [0.717, 1.165) is 23.5 Å². The van der Waals surface area contributed by atoms with Crippen LogP contribution < -0.4 is 5.73 Å². The standard InChI is InChI=1S/C17H27ClN2/c1-12(2)10-11-20(16-8-9-16)17(13(3)19)14-4-6-15(18)7-5-14/h4-7,12-13,16-17H,8-11,19H2,1-3H3. The van der Waals surface area contributed by atoms with Gasteiger partial charge in [0, 0.05) is 23.1 Å². The number of nitrogens with two attached hydrogens (primary N) is 1. The van der Waals surface area contributed by atoms with Crippen LogP contribution in [-0.4, -0.2) is 23.5 Å². The summed E-state index contributed by atoms with van der Waals surface area (Å²) in [5.41, 5.74) is 7.60. The number of halogens is 1. The second kappa shape index (κ2) is 6.93. The zero-order valence-corrected chi connectivity index (χ0v) is 13.6. The van der Waals surface area contributed by atoms with Crippen LogP contribution in [0.5, 0.6) is 0 Å². The lowest BCUT2D eigenvalue weighted by atomic mass is 9.98. The van der Waals surface area contributed by atoms with Crippen LogP contribution in [-0.2, 0) is 0 Å². The van der Waals surface area contributed by atoms with Crippen molar-refractivity contribution in [1.29, 1.82) is 0 Å². The Morgan fingerprint density at radius 2 is 1.80 bits per heavy atom. The normalized spacial score (nSPS) is 18.6. The van der Waals surface area contributed by atoms with Gasteiger partial charge in [-0.15, -0.1) is 0 Å². The van der Waals surface area contributed by atoms with E-state index >= 15 is 0 Å². The Hall–Kier alpha value is -0.570. The minimum Gasteiger partial charge on any atom is -0.326 e. The number of hydrogen-bond donors (Lipinski definition) is 1. The maximum absolute atomic E-state index is 6.30. The Kier molecular flexibility index (Phi) is 5.48. The summed E-state index contributed by atoms with van der Waals surface area (Å²) in [6, 6.07) is 9.35. The zero-order chi connectivity index (χ0) is 14.7. The van der Waals surface area contributed by atoms with Gasteiger partial charge in [0.15, 0.2) is 0 Å². The number of benzene rings is 1. The van der Waals surface area contributed by atoms with Crippen molar-refractivity contribution in [1.82, 2.24) is 4.90 Å². The molecular weight excluding hydrogens is 268 g/mol. The van der Waals surface area contributed by atoms with Crippen LogP contribution in [0.25, 0.3) is 0 Å². The van der Waals surface area contributed by atoms with Crippen LogP contribution in [0, 0.1) is 5.92 Å². The number of rotatable bonds is 7. The quantitative estimate of drug-likeness (QED) is 0.815. The van der Waals surface area contributed by atoms with E-state index in [2.05, 4.69) is 37.8 Å². The highest BCUT2D eigenvalue weighted by Gasteiger charge is 2.35. The monoisotopic (exact) mass is 294 g/mol. The number of nitrogens with zero attached hydrogens (tertiary/aromatic N) is 1. The van der Waals surface area contributed by atoms with Gasteiger partial charge in [-0.2, -0.15) is 0 Å². The van der Waals surface area contributed by atoms with Crippen LogP contribution in [0.1, 0.15) is 51.6 Å². The fourth-order valence-electron chi connectivity index (χ4n) is 2.82. The molecule has 112 valence electrons. The Labute approximate surface area is 128 Å². The van der Waals surface area contributed by atoms with Gasteiger partial charge >= 0.3 is 0 Å². The largest absolute Gasteiger partial charge is 0.326 e. The highest BCUT2D eigenvalue weighted by Crippen LogP contribution is 2.36. The molecule has 2 nitrogen and oxygen atoms in total. The summed E-state index contributed by atoms with van der Waals surface area (Å²) in [4.78, 5) is 2.62. The summed E-state index contributed by atoms with van der Waals surface area (Å²) in [7, 11) is 0. The van der Waals surface area contributed by atoms with E-state index in [4.69, 9.17) is 17.3 Å². The van der Waals surface area contributed by atoms with Crippen LogP contribution in [0.3, 0.4) is 0 Å². The predicted molar refractivity (Wildman–Crippen MR) is 87.0 cm³/mol. The third-order valence-electron chi connectivity index (χ3n) is 4.05. The van der Waals surface area contributed by atoms with Crippen molar-refractivity contribution < 1.29 is 0 Å². The van der Waals surface area contributed by atoms with Gasteiger partial charge in [-0.1, -0.05) is 37.6 Å². The van der Waals surface area contributed by atoms with Crippen molar-refractivity contribution in [2.75, 3.05) is 6.54 Å². The first-order valence-corrected chi connectivity index (χ1v) is 8.13. The third-order valence-corrected chi connectivity index (χ3v) is 4.30. The predicted octanol–water partition coefficient (Wildman–Crippen LogP) is 4.24.